The molecule has 0 unspecified atom stereocenters. The molecule has 3 aromatic rings. The Labute approximate surface area is 206 Å². The number of amides is 3. The number of phenolic OH excluding ortho intramolecular Hbond substituents is 1. The van der Waals surface area contributed by atoms with Crippen molar-refractivity contribution < 1.29 is 24.2 Å². The third-order valence-corrected chi connectivity index (χ3v) is 6.30. The molecule has 2 N–H and O–H groups in total. The molecule has 0 radical (unpaired) electrons. The Morgan fingerprint density at radius 1 is 1.11 bits per heavy atom. The molecule has 184 valence electrons. The summed E-state index contributed by atoms with van der Waals surface area (Å²) in [6.45, 7) is 2.01. The van der Waals surface area contributed by atoms with Crippen LogP contribution in [0.25, 0.3) is 0 Å². The predicted molar refractivity (Wildman–Crippen MR) is 128 cm³/mol. The lowest BCUT2D eigenvalue weighted by Gasteiger charge is -2.30. The minimum atomic E-state index is -0.632. The molecule has 2 aromatic heterocycles. The molecular weight excluding hydrogens is 464 g/mol. The van der Waals surface area contributed by atoms with E-state index in [1.54, 1.807) is 35.0 Å². The van der Waals surface area contributed by atoms with Gasteiger partial charge in [0.15, 0.2) is 17.3 Å². The molecule has 11 nitrogen and oxygen atoms in total. The van der Waals surface area contributed by atoms with Crippen LogP contribution >= 0.6 is 0 Å². The summed E-state index contributed by atoms with van der Waals surface area (Å²) in [5, 5.41) is 13.5. The van der Waals surface area contributed by atoms with Gasteiger partial charge in [0, 0.05) is 39.1 Å². The van der Waals surface area contributed by atoms with Gasteiger partial charge in [-0.3, -0.25) is 19.4 Å². The molecule has 11 heteroatoms. The molecule has 0 bridgehead atoms. The topological polar surface area (TPSA) is 138 Å². The largest absolute Gasteiger partial charge is 0.504 e. The molecule has 2 saturated heterocycles. The van der Waals surface area contributed by atoms with Crippen molar-refractivity contribution >= 4 is 23.5 Å². The van der Waals surface area contributed by atoms with Crippen LogP contribution in [-0.2, 0) is 4.79 Å². The Balaban J connectivity index is 1.45. The number of carbonyl (C=O) groups is 3. The summed E-state index contributed by atoms with van der Waals surface area (Å²) in [6, 6.07) is 6.16. The van der Waals surface area contributed by atoms with Crippen molar-refractivity contribution in [1.29, 1.82) is 0 Å². The van der Waals surface area contributed by atoms with E-state index >= 15 is 0 Å². The van der Waals surface area contributed by atoms with Crippen LogP contribution in [0, 0.1) is 0 Å². The van der Waals surface area contributed by atoms with E-state index < -0.39 is 17.6 Å². The van der Waals surface area contributed by atoms with E-state index in [9.17, 15) is 19.5 Å². The van der Waals surface area contributed by atoms with Crippen LogP contribution < -0.4 is 10.1 Å². The summed E-state index contributed by atoms with van der Waals surface area (Å²) < 4.78 is 5.88. The first-order chi connectivity index (χ1) is 17.4. The zero-order chi connectivity index (χ0) is 25.2. The van der Waals surface area contributed by atoms with Crippen LogP contribution in [0.1, 0.15) is 45.2 Å². The van der Waals surface area contributed by atoms with Gasteiger partial charge in [-0.25, -0.2) is 9.97 Å². The Morgan fingerprint density at radius 2 is 1.94 bits per heavy atom. The van der Waals surface area contributed by atoms with Crippen molar-refractivity contribution in [3.63, 3.8) is 0 Å². The maximum absolute atomic E-state index is 13.0. The summed E-state index contributed by atoms with van der Waals surface area (Å²) in [5.74, 6) is -1.28. The summed E-state index contributed by atoms with van der Waals surface area (Å²) >= 11 is 0. The number of carbonyl (C=O) groups excluding carboxylic acids is 3. The number of nitrogens with zero attached hydrogens (tertiary/aromatic N) is 5. The summed E-state index contributed by atoms with van der Waals surface area (Å²) in [4.78, 5) is 53.5. The zero-order valence-electron chi connectivity index (χ0n) is 19.5. The number of hydrogen-bond donors (Lipinski definition) is 2. The first kappa shape index (κ1) is 23.2. The van der Waals surface area contributed by atoms with E-state index in [4.69, 9.17) is 4.74 Å². The lowest BCUT2D eigenvalue weighted by atomic mass is 9.94. The number of aromatic nitrogens is 3. The first-order valence-electron chi connectivity index (χ1n) is 11.5. The number of anilines is 1. The van der Waals surface area contributed by atoms with Crippen molar-refractivity contribution in [2.75, 3.05) is 32.0 Å². The SMILES string of the molecule is CN1CC[C@@H](c2cc(Oc3ccc(C(=O)N4CCC4)nc3)c(O)c(C(=O)Nc3cnccn3)c2)C1=O. The van der Waals surface area contributed by atoms with Crippen molar-refractivity contribution in [3.05, 3.63) is 65.9 Å². The Bertz CT molecular complexity index is 1310. The number of phenols is 1. The van der Waals surface area contributed by atoms with Gasteiger partial charge in [-0.15, -0.1) is 0 Å². The Morgan fingerprint density at radius 3 is 2.56 bits per heavy atom. The smallest absolute Gasteiger partial charge is 0.272 e. The highest BCUT2D eigenvalue weighted by Crippen LogP contribution is 2.39. The molecule has 36 heavy (non-hydrogen) atoms. The minimum absolute atomic E-state index is 0.0113. The van der Waals surface area contributed by atoms with Crippen LogP contribution in [-0.4, -0.2) is 74.3 Å². The lowest BCUT2D eigenvalue weighted by Crippen LogP contribution is -2.42. The molecular formula is C25H24N6O5. The predicted octanol–water partition coefficient (Wildman–Crippen LogP) is 2.41. The number of ether oxygens (including phenoxy) is 1. The van der Waals surface area contributed by atoms with E-state index in [-0.39, 0.29) is 34.7 Å². The maximum Gasteiger partial charge on any atom is 0.272 e. The fourth-order valence-corrected chi connectivity index (χ4v) is 4.14. The second kappa shape index (κ2) is 9.61. The summed E-state index contributed by atoms with van der Waals surface area (Å²) in [5.41, 5.74) is 0.760. The van der Waals surface area contributed by atoms with Gasteiger partial charge in [0.05, 0.1) is 23.9 Å². The van der Waals surface area contributed by atoms with E-state index in [2.05, 4.69) is 20.3 Å². The van der Waals surface area contributed by atoms with E-state index in [0.717, 1.165) is 6.42 Å². The van der Waals surface area contributed by atoms with E-state index in [1.165, 1.54) is 30.9 Å². The first-order valence-corrected chi connectivity index (χ1v) is 11.5. The molecule has 2 aliphatic rings. The number of rotatable bonds is 6. The molecule has 4 heterocycles. The lowest BCUT2D eigenvalue weighted by molar-refractivity contribution is -0.127. The quantitative estimate of drug-likeness (QED) is 0.540. The second-order valence-corrected chi connectivity index (χ2v) is 8.69. The second-order valence-electron chi connectivity index (χ2n) is 8.69. The third-order valence-electron chi connectivity index (χ3n) is 6.30. The van der Waals surface area contributed by atoms with E-state index in [0.29, 0.717) is 37.3 Å². The molecule has 0 aliphatic carbocycles. The monoisotopic (exact) mass is 488 g/mol. The molecule has 0 spiro atoms. The van der Waals surface area contributed by atoms with Gasteiger partial charge in [-0.2, -0.15) is 0 Å². The molecule has 3 amide bonds. The van der Waals surface area contributed by atoms with Crippen LogP contribution in [0.15, 0.2) is 49.1 Å². The number of hydrogen-bond acceptors (Lipinski definition) is 8. The Hall–Kier alpha value is -4.54. The fourth-order valence-electron chi connectivity index (χ4n) is 4.14. The molecule has 1 atom stereocenters. The van der Waals surface area contributed by atoms with Gasteiger partial charge in [-0.05, 0) is 42.7 Å². The van der Waals surface area contributed by atoms with Gasteiger partial charge in [0.2, 0.25) is 5.91 Å². The molecule has 1 aromatic carbocycles. The van der Waals surface area contributed by atoms with Crippen LogP contribution in [0.2, 0.25) is 0 Å². The van der Waals surface area contributed by atoms with Crippen molar-refractivity contribution in [2.45, 2.75) is 18.8 Å². The highest BCUT2D eigenvalue weighted by atomic mass is 16.5. The number of aromatic hydroxyl groups is 1. The van der Waals surface area contributed by atoms with Gasteiger partial charge in [0.25, 0.3) is 11.8 Å². The standard InChI is InChI=1S/C25H24N6O5/c1-30-10-5-17(24(30)34)15-11-18(23(33)29-21-14-26-6-7-27-21)22(32)20(12-15)36-16-3-4-19(28-13-16)25(35)31-8-2-9-31/h3-4,6-7,11-14,17,32H,2,5,8-10H2,1H3,(H,27,29,33)/t17-/m0/s1. The van der Waals surface area contributed by atoms with Crippen molar-refractivity contribution in [3.8, 4) is 17.2 Å². The van der Waals surface area contributed by atoms with Gasteiger partial charge in [-0.1, -0.05) is 0 Å². The third kappa shape index (κ3) is 4.54. The van der Waals surface area contributed by atoms with Gasteiger partial charge < -0.3 is 25.0 Å². The van der Waals surface area contributed by atoms with Crippen LogP contribution in [0.5, 0.6) is 17.2 Å². The Kier molecular flexibility index (Phi) is 6.19. The fraction of sp³-hybridized carbons (Fsp3) is 0.280. The number of benzene rings is 1. The average molecular weight is 489 g/mol. The van der Waals surface area contributed by atoms with Crippen molar-refractivity contribution in [1.82, 2.24) is 24.8 Å². The summed E-state index contributed by atoms with van der Waals surface area (Å²) in [7, 11) is 1.72. The highest BCUT2D eigenvalue weighted by Gasteiger charge is 2.32. The zero-order valence-corrected chi connectivity index (χ0v) is 19.5. The average Bonchev–Trinajstić information content (AvgIpc) is 3.18. The minimum Gasteiger partial charge on any atom is -0.504 e. The van der Waals surface area contributed by atoms with Crippen LogP contribution in [0.3, 0.4) is 0 Å². The van der Waals surface area contributed by atoms with E-state index in [1.807, 2.05) is 0 Å². The van der Waals surface area contributed by atoms with Gasteiger partial charge in [0.1, 0.15) is 11.4 Å². The number of likely N-dealkylation sites (tertiary alicyclic amines) is 2. The molecule has 2 fully saturated rings. The molecule has 5 rings (SSSR count). The van der Waals surface area contributed by atoms with Gasteiger partial charge >= 0.3 is 0 Å². The highest BCUT2D eigenvalue weighted by molar-refractivity contribution is 6.06. The maximum atomic E-state index is 13.0. The van der Waals surface area contributed by atoms with Crippen molar-refractivity contribution in [2.24, 2.45) is 0 Å². The number of likely N-dealkylation sites (N-methyl/N-ethyl adjacent to an activating group) is 1. The number of pyridine rings is 1. The normalized spacial score (nSPS) is 17.0. The molecule has 0 saturated carbocycles. The molecule has 2 aliphatic heterocycles. The number of nitrogens with one attached hydrogen (secondary N) is 1. The van der Waals surface area contributed by atoms with Crippen LogP contribution in [0.4, 0.5) is 5.82 Å². The summed E-state index contributed by atoms with van der Waals surface area (Å²) in [6.07, 6.45) is 7.21.